The van der Waals surface area contributed by atoms with Gasteiger partial charge in [-0.25, -0.2) is 0 Å². The predicted molar refractivity (Wildman–Crippen MR) is 75.5 cm³/mol. The van der Waals surface area contributed by atoms with Gasteiger partial charge in [0, 0.05) is 24.2 Å². The summed E-state index contributed by atoms with van der Waals surface area (Å²) < 4.78 is 0. The van der Waals surface area contributed by atoms with Crippen LogP contribution in [0.1, 0.15) is 35.7 Å². The summed E-state index contributed by atoms with van der Waals surface area (Å²) in [7, 11) is 0. The Bertz CT molecular complexity index is 555. The van der Waals surface area contributed by atoms with Crippen molar-refractivity contribution in [3.8, 4) is 0 Å². The molecule has 6 heteroatoms. The molecule has 6 nitrogen and oxygen atoms in total. The zero-order valence-electron chi connectivity index (χ0n) is 11.7. The van der Waals surface area contributed by atoms with E-state index in [1.807, 2.05) is 6.92 Å². The first-order chi connectivity index (χ1) is 9.37. The van der Waals surface area contributed by atoms with Gasteiger partial charge in [-0.3, -0.25) is 14.9 Å². The maximum absolute atomic E-state index is 12.3. The molecular formula is C14H19N3O3. The summed E-state index contributed by atoms with van der Waals surface area (Å²) >= 11 is 0. The molecule has 0 spiro atoms. The van der Waals surface area contributed by atoms with Crippen LogP contribution in [-0.2, 0) is 0 Å². The molecule has 108 valence electrons. The summed E-state index contributed by atoms with van der Waals surface area (Å²) in [4.78, 5) is 22.5. The molecule has 0 saturated heterocycles. The highest BCUT2D eigenvalue weighted by Gasteiger charge is 2.41. The van der Waals surface area contributed by atoms with E-state index in [1.54, 1.807) is 6.92 Å². The number of carbonyl (C=O) groups is 1. The van der Waals surface area contributed by atoms with Crippen molar-refractivity contribution in [2.75, 3.05) is 6.54 Å². The van der Waals surface area contributed by atoms with Crippen LogP contribution in [0.2, 0.25) is 0 Å². The summed E-state index contributed by atoms with van der Waals surface area (Å²) in [6.45, 7) is 4.03. The molecule has 1 fully saturated rings. The van der Waals surface area contributed by atoms with Crippen LogP contribution in [0.15, 0.2) is 18.2 Å². The van der Waals surface area contributed by atoms with Crippen LogP contribution < -0.4 is 11.1 Å². The Labute approximate surface area is 117 Å². The summed E-state index contributed by atoms with van der Waals surface area (Å²) in [5.41, 5.74) is 6.41. The number of non-ortho nitro benzene ring substituents is 1. The van der Waals surface area contributed by atoms with Crippen molar-refractivity contribution in [1.29, 1.82) is 0 Å². The number of hydrogen-bond donors (Lipinski definition) is 2. The second-order valence-electron chi connectivity index (χ2n) is 5.61. The largest absolute Gasteiger partial charge is 0.345 e. The number of nitro groups is 1. The zero-order valence-corrected chi connectivity index (χ0v) is 11.7. The highest BCUT2D eigenvalue weighted by molar-refractivity contribution is 5.96. The van der Waals surface area contributed by atoms with Crippen molar-refractivity contribution in [2.45, 2.75) is 32.2 Å². The number of nitrogens with two attached hydrogens (primary N) is 1. The Morgan fingerprint density at radius 2 is 2.20 bits per heavy atom. The molecule has 0 bridgehead atoms. The van der Waals surface area contributed by atoms with Crippen molar-refractivity contribution in [3.05, 3.63) is 39.4 Å². The zero-order chi connectivity index (χ0) is 14.9. The highest BCUT2D eigenvalue weighted by atomic mass is 16.6. The summed E-state index contributed by atoms with van der Waals surface area (Å²) in [6, 6.07) is 4.25. The van der Waals surface area contributed by atoms with Gasteiger partial charge in [-0.1, -0.05) is 0 Å². The molecule has 20 heavy (non-hydrogen) atoms. The Hall–Kier alpha value is -1.95. The lowest BCUT2D eigenvalue weighted by Gasteiger charge is -2.29. The molecule has 0 aromatic heterocycles. The molecule has 2 rings (SSSR count). The second kappa shape index (κ2) is 5.20. The minimum atomic E-state index is -0.469. The number of rotatable bonds is 5. The molecule has 1 aromatic rings. The van der Waals surface area contributed by atoms with Crippen LogP contribution in [-0.4, -0.2) is 22.9 Å². The van der Waals surface area contributed by atoms with E-state index in [-0.39, 0.29) is 11.6 Å². The number of carbonyl (C=O) groups excluding carboxylic acids is 1. The van der Waals surface area contributed by atoms with E-state index in [4.69, 9.17) is 5.73 Å². The van der Waals surface area contributed by atoms with Gasteiger partial charge >= 0.3 is 0 Å². The van der Waals surface area contributed by atoms with E-state index in [0.717, 1.165) is 12.8 Å². The SMILES string of the molecule is Cc1cc([N+](=O)[O-])ccc1C(=O)NC(C)(CN)C1CC1. The van der Waals surface area contributed by atoms with E-state index in [1.165, 1.54) is 18.2 Å². The summed E-state index contributed by atoms with van der Waals surface area (Å²) in [5, 5.41) is 13.7. The number of nitro benzene ring substituents is 1. The third-order valence-corrected chi connectivity index (χ3v) is 3.97. The number of benzene rings is 1. The number of hydrogen-bond acceptors (Lipinski definition) is 4. The van der Waals surface area contributed by atoms with Gasteiger partial charge in [-0.2, -0.15) is 0 Å². The van der Waals surface area contributed by atoms with Gasteiger partial charge in [0.25, 0.3) is 11.6 Å². The molecule has 1 aliphatic carbocycles. The third-order valence-electron chi connectivity index (χ3n) is 3.97. The first kappa shape index (κ1) is 14.5. The fourth-order valence-electron chi connectivity index (χ4n) is 2.38. The lowest BCUT2D eigenvalue weighted by atomic mass is 9.95. The fraction of sp³-hybridized carbons (Fsp3) is 0.500. The molecule has 1 saturated carbocycles. The molecule has 1 aromatic carbocycles. The topological polar surface area (TPSA) is 98.3 Å². The Morgan fingerprint density at radius 1 is 1.55 bits per heavy atom. The normalized spacial score (nSPS) is 17.4. The second-order valence-corrected chi connectivity index (χ2v) is 5.61. The summed E-state index contributed by atoms with van der Waals surface area (Å²) in [6.07, 6.45) is 2.15. The highest BCUT2D eigenvalue weighted by Crippen LogP contribution is 2.39. The van der Waals surface area contributed by atoms with Gasteiger partial charge < -0.3 is 11.1 Å². The van der Waals surface area contributed by atoms with Crippen molar-refractivity contribution < 1.29 is 9.72 Å². The first-order valence-corrected chi connectivity index (χ1v) is 6.65. The molecule has 1 atom stereocenters. The summed E-state index contributed by atoms with van der Waals surface area (Å²) in [5.74, 6) is 0.201. The van der Waals surface area contributed by atoms with Gasteiger partial charge in [0.1, 0.15) is 0 Å². The van der Waals surface area contributed by atoms with Crippen molar-refractivity contribution in [3.63, 3.8) is 0 Å². The van der Waals surface area contributed by atoms with E-state index < -0.39 is 10.5 Å². The smallest absolute Gasteiger partial charge is 0.269 e. The van der Waals surface area contributed by atoms with Crippen molar-refractivity contribution in [2.24, 2.45) is 11.7 Å². The average molecular weight is 277 g/mol. The van der Waals surface area contributed by atoms with Gasteiger partial charge in [-0.15, -0.1) is 0 Å². The first-order valence-electron chi connectivity index (χ1n) is 6.65. The lowest BCUT2D eigenvalue weighted by Crippen LogP contribution is -2.53. The van der Waals surface area contributed by atoms with E-state index >= 15 is 0 Å². The monoisotopic (exact) mass is 277 g/mol. The van der Waals surface area contributed by atoms with Crippen molar-refractivity contribution >= 4 is 11.6 Å². The quantitative estimate of drug-likeness (QED) is 0.633. The van der Waals surface area contributed by atoms with E-state index in [0.29, 0.717) is 23.6 Å². The molecular weight excluding hydrogens is 258 g/mol. The fourth-order valence-corrected chi connectivity index (χ4v) is 2.38. The number of nitrogens with one attached hydrogen (secondary N) is 1. The minimum Gasteiger partial charge on any atom is -0.345 e. The maximum atomic E-state index is 12.3. The third kappa shape index (κ3) is 2.80. The number of nitrogens with zero attached hydrogens (tertiary/aromatic N) is 1. The maximum Gasteiger partial charge on any atom is 0.269 e. The molecule has 0 heterocycles. The van der Waals surface area contributed by atoms with Gasteiger partial charge in [-0.05, 0) is 44.2 Å². The number of amides is 1. The molecule has 1 amide bonds. The van der Waals surface area contributed by atoms with E-state index in [2.05, 4.69) is 5.32 Å². The lowest BCUT2D eigenvalue weighted by molar-refractivity contribution is -0.384. The van der Waals surface area contributed by atoms with Gasteiger partial charge in [0.15, 0.2) is 0 Å². The Kier molecular flexibility index (Phi) is 3.76. The van der Waals surface area contributed by atoms with E-state index in [9.17, 15) is 14.9 Å². The van der Waals surface area contributed by atoms with Crippen LogP contribution in [0.5, 0.6) is 0 Å². The predicted octanol–water partition coefficient (Wildman–Crippen LogP) is 1.76. The Balaban J connectivity index is 2.19. The van der Waals surface area contributed by atoms with Gasteiger partial charge in [0.05, 0.1) is 10.5 Å². The Morgan fingerprint density at radius 3 is 2.65 bits per heavy atom. The molecule has 3 N–H and O–H groups in total. The standard InChI is InChI=1S/C14H19N3O3/c1-9-7-11(17(19)20)5-6-12(9)13(18)16-14(2,8-15)10-3-4-10/h5-7,10H,3-4,8,15H2,1-2H3,(H,16,18). The molecule has 1 aliphatic rings. The average Bonchev–Trinajstić information content (AvgIpc) is 3.22. The minimum absolute atomic E-state index is 0.0113. The van der Waals surface area contributed by atoms with Crippen LogP contribution in [0.25, 0.3) is 0 Å². The van der Waals surface area contributed by atoms with Crippen molar-refractivity contribution in [1.82, 2.24) is 5.32 Å². The molecule has 0 aliphatic heterocycles. The molecule has 0 radical (unpaired) electrons. The van der Waals surface area contributed by atoms with Crippen LogP contribution >= 0.6 is 0 Å². The van der Waals surface area contributed by atoms with Crippen LogP contribution in [0.4, 0.5) is 5.69 Å². The van der Waals surface area contributed by atoms with Gasteiger partial charge in [0.2, 0.25) is 0 Å². The molecule has 1 unspecified atom stereocenters. The van der Waals surface area contributed by atoms with Crippen LogP contribution in [0, 0.1) is 23.0 Å². The van der Waals surface area contributed by atoms with Crippen LogP contribution in [0.3, 0.4) is 0 Å². The number of aryl methyl sites for hydroxylation is 1.